The quantitative estimate of drug-likeness (QED) is 0.931. The summed E-state index contributed by atoms with van der Waals surface area (Å²) < 4.78 is 16.0. The van der Waals surface area contributed by atoms with Gasteiger partial charge in [0.05, 0.1) is 25.3 Å². The smallest absolute Gasteiger partial charge is 0.261 e. The lowest BCUT2D eigenvalue weighted by Crippen LogP contribution is -2.34. The molecule has 6 heteroatoms. The first-order valence-electron chi connectivity index (χ1n) is 7.02. The van der Waals surface area contributed by atoms with E-state index in [4.69, 9.17) is 19.7 Å². The van der Waals surface area contributed by atoms with Crippen LogP contribution in [0.2, 0.25) is 0 Å². The molecule has 1 aliphatic rings. The number of nitrogens with zero attached hydrogens (tertiary/aromatic N) is 2. The molecule has 6 nitrogen and oxygen atoms in total. The molecule has 2 aromatic rings. The Kier molecular flexibility index (Phi) is 3.55. The van der Waals surface area contributed by atoms with Gasteiger partial charge in [0.15, 0.2) is 5.82 Å². The minimum Gasteiger partial charge on any atom is -0.497 e. The van der Waals surface area contributed by atoms with Crippen molar-refractivity contribution in [3.05, 3.63) is 24.0 Å². The molecular formula is C15H19N3O3. The van der Waals surface area contributed by atoms with Crippen LogP contribution in [0.1, 0.15) is 31.5 Å². The van der Waals surface area contributed by atoms with Crippen LogP contribution in [0, 0.1) is 0 Å². The first-order valence-corrected chi connectivity index (χ1v) is 7.02. The summed E-state index contributed by atoms with van der Waals surface area (Å²) in [5, 5.41) is 4.07. The fourth-order valence-electron chi connectivity index (χ4n) is 2.75. The first-order chi connectivity index (χ1) is 10.2. The SMILES string of the molecule is COc1ccc(OC)c(-c2nc(C3(N)CCCC3)no2)c1. The predicted octanol–water partition coefficient (Wildman–Crippen LogP) is 2.48. The fourth-order valence-corrected chi connectivity index (χ4v) is 2.75. The highest BCUT2D eigenvalue weighted by Crippen LogP contribution is 2.37. The summed E-state index contributed by atoms with van der Waals surface area (Å²) >= 11 is 0. The van der Waals surface area contributed by atoms with Gasteiger partial charge in [0, 0.05) is 0 Å². The van der Waals surface area contributed by atoms with Crippen LogP contribution in [0.4, 0.5) is 0 Å². The molecule has 112 valence electrons. The van der Waals surface area contributed by atoms with Crippen molar-refractivity contribution < 1.29 is 14.0 Å². The van der Waals surface area contributed by atoms with E-state index in [0.29, 0.717) is 28.8 Å². The summed E-state index contributed by atoms with van der Waals surface area (Å²) in [5.41, 5.74) is 6.60. The third-order valence-corrected chi connectivity index (χ3v) is 4.00. The standard InChI is InChI=1S/C15H19N3O3/c1-19-10-5-6-12(20-2)11(9-10)13-17-14(18-21-13)15(16)7-3-4-8-15/h5-6,9H,3-4,7-8,16H2,1-2H3. The van der Waals surface area contributed by atoms with Crippen LogP contribution in [-0.2, 0) is 5.54 Å². The van der Waals surface area contributed by atoms with E-state index in [0.717, 1.165) is 25.7 Å². The van der Waals surface area contributed by atoms with Crippen molar-refractivity contribution in [1.82, 2.24) is 10.1 Å². The summed E-state index contributed by atoms with van der Waals surface area (Å²) in [6, 6.07) is 5.45. The maximum atomic E-state index is 6.36. The average Bonchev–Trinajstić information content (AvgIpc) is 3.16. The molecule has 1 heterocycles. The number of nitrogens with two attached hydrogens (primary N) is 1. The summed E-state index contributed by atoms with van der Waals surface area (Å²) in [7, 11) is 3.21. The molecule has 0 atom stereocenters. The number of methoxy groups -OCH3 is 2. The minimum absolute atomic E-state index is 0.400. The highest BCUT2D eigenvalue weighted by Gasteiger charge is 2.36. The van der Waals surface area contributed by atoms with Crippen molar-refractivity contribution in [3.8, 4) is 23.0 Å². The number of aromatic nitrogens is 2. The van der Waals surface area contributed by atoms with Crippen molar-refractivity contribution >= 4 is 0 Å². The van der Waals surface area contributed by atoms with E-state index in [1.165, 1.54) is 0 Å². The van der Waals surface area contributed by atoms with Crippen molar-refractivity contribution in [3.63, 3.8) is 0 Å². The topological polar surface area (TPSA) is 83.4 Å². The lowest BCUT2D eigenvalue weighted by molar-refractivity contribution is 0.370. The molecule has 1 saturated carbocycles. The molecule has 0 amide bonds. The van der Waals surface area contributed by atoms with E-state index in [2.05, 4.69) is 10.1 Å². The van der Waals surface area contributed by atoms with Gasteiger partial charge in [0.1, 0.15) is 11.5 Å². The van der Waals surface area contributed by atoms with E-state index >= 15 is 0 Å². The minimum atomic E-state index is -0.464. The molecule has 1 fully saturated rings. The zero-order valence-electron chi connectivity index (χ0n) is 12.3. The summed E-state index contributed by atoms with van der Waals surface area (Å²) in [5.74, 6) is 2.33. The summed E-state index contributed by atoms with van der Waals surface area (Å²) in [6.07, 6.45) is 3.98. The second kappa shape index (κ2) is 5.37. The Morgan fingerprint density at radius 3 is 2.62 bits per heavy atom. The number of hydrogen-bond donors (Lipinski definition) is 1. The van der Waals surface area contributed by atoms with E-state index in [9.17, 15) is 0 Å². The van der Waals surface area contributed by atoms with Gasteiger partial charge >= 0.3 is 0 Å². The van der Waals surface area contributed by atoms with Gasteiger partial charge in [0.25, 0.3) is 5.89 Å². The lowest BCUT2D eigenvalue weighted by atomic mass is 9.98. The first kappa shape index (κ1) is 13.9. The second-order valence-electron chi connectivity index (χ2n) is 5.35. The number of hydrogen-bond acceptors (Lipinski definition) is 6. The Balaban J connectivity index is 1.99. The van der Waals surface area contributed by atoms with Gasteiger partial charge in [-0.25, -0.2) is 0 Å². The van der Waals surface area contributed by atoms with Crippen molar-refractivity contribution in [2.45, 2.75) is 31.2 Å². The molecule has 0 unspecified atom stereocenters. The molecule has 0 saturated heterocycles. The molecule has 0 radical (unpaired) electrons. The normalized spacial score (nSPS) is 16.9. The fraction of sp³-hybridized carbons (Fsp3) is 0.467. The molecule has 21 heavy (non-hydrogen) atoms. The van der Waals surface area contributed by atoms with E-state index in [1.54, 1.807) is 14.2 Å². The molecule has 1 aliphatic carbocycles. The monoisotopic (exact) mass is 289 g/mol. The maximum Gasteiger partial charge on any atom is 0.261 e. The van der Waals surface area contributed by atoms with Gasteiger partial charge in [-0.3, -0.25) is 0 Å². The number of benzene rings is 1. The van der Waals surface area contributed by atoms with Crippen molar-refractivity contribution in [2.24, 2.45) is 5.73 Å². The second-order valence-corrected chi connectivity index (χ2v) is 5.35. The Labute approximate surface area is 123 Å². The zero-order chi connectivity index (χ0) is 14.9. The molecule has 0 bridgehead atoms. The largest absolute Gasteiger partial charge is 0.497 e. The number of ether oxygens (including phenoxy) is 2. The van der Waals surface area contributed by atoms with Crippen LogP contribution in [0.25, 0.3) is 11.5 Å². The van der Waals surface area contributed by atoms with Crippen LogP contribution in [0.5, 0.6) is 11.5 Å². The van der Waals surface area contributed by atoms with Gasteiger partial charge < -0.3 is 19.7 Å². The zero-order valence-corrected chi connectivity index (χ0v) is 12.3. The van der Waals surface area contributed by atoms with Crippen molar-refractivity contribution in [1.29, 1.82) is 0 Å². The van der Waals surface area contributed by atoms with Gasteiger partial charge in [0.2, 0.25) is 0 Å². The molecular weight excluding hydrogens is 270 g/mol. The maximum absolute atomic E-state index is 6.36. The average molecular weight is 289 g/mol. The third-order valence-electron chi connectivity index (χ3n) is 4.00. The van der Waals surface area contributed by atoms with Gasteiger partial charge in [-0.1, -0.05) is 18.0 Å². The molecule has 2 N–H and O–H groups in total. The Bertz CT molecular complexity index is 633. The molecule has 3 rings (SSSR count). The summed E-state index contributed by atoms with van der Waals surface area (Å²) in [4.78, 5) is 4.48. The molecule has 1 aromatic heterocycles. The van der Waals surface area contributed by atoms with Crippen LogP contribution >= 0.6 is 0 Å². The predicted molar refractivity (Wildman–Crippen MR) is 77.2 cm³/mol. The lowest BCUT2D eigenvalue weighted by Gasteiger charge is -2.17. The van der Waals surface area contributed by atoms with Gasteiger partial charge in [-0.2, -0.15) is 4.98 Å². The van der Waals surface area contributed by atoms with E-state index in [-0.39, 0.29) is 0 Å². The van der Waals surface area contributed by atoms with Crippen LogP contribution in [0.15, 0.2) is 22.7 Å². The van der Waals surface area contributed by atoms with Gasteiger partial charge in [-0.15, -0.1) is 0 Å². The Morgan fingerprint density at radius 1 is 1.19 bits per heavy atom. The number of rotatable bonds is 4. The van der Waals surface area contributed by atoms with Crippen LogP contribution in [0.3, 0.4) is 0 Å². The highest BCUT2D eigenvalue weighted by atomic mass is 16.5. The molecule has 0 spiro atoms. The summed E-state index contributed by atoms with van der Waals surface area (Å²) in [6.45, 7) is 0. The Hall–Kier alpha value is -2.08. The third kappa shape index (κ3) is 2.47. The van der Waals surface area contributed by atoms with Gasteiger partial charge in [-0.05, 0) is 31.0 Å². The van der Waals surface area contributed by atoms with E-state index < -0.39 is 5.54 Å². The van der Waals surface area contributed by atoms with Crippen molar-refractivity contribution in [2.75, 3.05) is 14.2 Å². The molecule has 0 aliphatic heterocycles. The Morgan fingerprint density at radius 2 is 1.95 bits per heavy atom. The van der Waals surface area contributed by atoms with E-state index in [1.807, 2.05) is 18.2 Å². The van der Waals surface area contributed by atoms with Crippen LogP contribution < -0.4 is 15.2 Å². The molecule has 1 aromatic carbocycles. The van der Waals surface area contributed by atoms with Crippen LogP contribution in [-0.4, -0.2) is 24.4 Å². The highest BCUT2D eigenvalue weighted by molar-refractivity contribution is 5.65.